The predicted molar refractivity (Wildman–Crippen MR) is 114 cm³/mol. The first-order valence-electron chi connectivity index (χ1n) is 9.29. The molecule has 150 valence electrons. The van der Waals surface area contributed by atoms with Crippen molar-refractivity contribution in [1.82, 2.24) is 0 Å². The smallest absolute Gasteiger partial charge is 0.341 e. The van der Waals surface area contributed by atoms with Gasteiger partial charge in [0.1, 0.15) is 16.4 Å². The first-order valence-corrected chi connectivity index (χ1v) is 10.2. The molecule has 1 aromatic heterocycles. The van der Waals surface area contributed by atoms with Crippen LogP contribution in [0.25, 0.3) is 11.1 Å². The van der Waals surface area contributed by atoms with E-state index in [0.717, 1.165) is 22.3 Å². The standard InChI is InChI=1S/C23H22FNO3S/c1-4-28-23(27)21-19(17-8-5-14(2)15(3)11-17)13-29-22(21)25-20(26)12-16-6-9-18(24)10-7-16/h5-11,13H,4,12H2,1-3H3,(H,25,26). The number of rotatable bonds is 6. The summed E-state index contributed by atoms with van der Waals surface area (Å²) in [6.07, 6.45) is 0.0828. The van der Waals surface area contributed by atoms with Gasteiger partial charge in [0.25, 0.3) is 0 Å². The van der Waals surface area contributed by atoms with Crippen molar-refractivity contribution < 1.29 is 18.7 Å². The van der Waals surface area contributed by atoms with Crippen LogP contribution in [-0.2, 0) is 16.0 Å². The number of aryl methyl sites for hydroxylation is 2. The monoisotopic (exact) mass is 411 g/mol. The van der Waals surface area contributed by atoms with Crippen LogP contribution in [-0.4, -0.2) is 18.5 Å². The van der Waals surface area contributed by atoms with Crippen LogP contribution >= 0.6 is 11.3 Å². The molecule has 0 aliphatic carbocycles. The summed E-state index contributed by atoms with van der Waals surface area (Å²) in [5.74, 6) is -1.11. The molecule has 1 heterocycles. The molecule has 0 atom stereocenters. The van der Waals surface area contributed by atoms with E-state index in [1.54, 1.807) is 19.1 Å². The van der Waals surface area contributed by atoms with Gasteiger partial charge >= 0.3 is 5.97 Å². The van der Waals surface area contributed by atoms with Crippen LogP contribution in [0.1, 0.15) is 34.0 Å². The number of esters is 1. The van der Waals surface area contributed by atoms with Crippen LogP contribution in [0.3, 0.4) is 0 Å². The Labute approximate surface area is 173 Å². The second-order valence-electron chi connectivity index (χ2n) is 6.72. The Morgan fingerprint density at radius 1 is 1.07 bits per heavy atom. The number of benzene rings is 2. The average Bonchev–Trinajstić information content (AvgIpc) is 3.09. The lowest BCUT2D eigenvalue weighted by atomic mass is 9.99. The number of halogens is 1. The van der Waals surface area contributed by atoms with E-state index < -0.39 is 5.97 Å². The molecule has 4 nitrogen and oxygen atoms in total. The van der Waals surface area contributed by atoms with Crippen LogP contribution in [0.5, 0.6) is 0 Å². The van der Waals surface area contributed by atoms with E-state index in [0.29, 0.717) is 16.1 Å². The van der Waals surface area contributed by atoms with Crippen molar-refractivity contribution in [3.8, 4) is 11.1 Å². The van der Waals surface area contributed by atoms with Crippen molar-refractivity contribution in [1.29, 1.82) is 0 Å². The van der Waals surface area contributed by atoms with Gasteiger partial charge in [0.2, 0.25) is 5.91 Å². The number of amides is 1. The van der Waals surface area contributed by atoms with E-state index in [4.69, 9.17) is 4.74 Å². The maximum atomic E-state index is 13.1. The minimum Gasteiger partial charge on any atom is -0.462 e. The normalized spacial score (nSPS) is 10.6. The molecular formula is C23H22FNO3S. The van der Waals surface area contributed by atoms with Gasteiger partial charge in [0.05, 0.1) is 13.0 Å². The lowest BCUT2D eigenvalue weighted by molar-refractivity contribution is -0.115. The molecule has 0 radical (unpaired) electrons. The summed E-state index contributed by atoms with van der Waals surface area (Å²) >= 11 is 1.28. The zero-order chi connectivity index (χ0) is 21.0. The third-order valence-corrected chi connectivity index (χ3v) is 5.51. The fraction of sp³-hybridized carbons (Fsp3) is 0.217. The van der Waals surface area contributed by atoms with E-state index in [-0.39, 0.29) is 24.8 Å². The number of nitrogens with one attached hydrogen (secondary N) is 1. The molecule has 0 unspecified atom stereocenters. The Bertz CT molecular complexity index is 1040. The molecule has 3 aromatic rings. The van der Waals surface area contributed by atoms with Gasteiger partial charge in [-0.25, -0.2) is 9.18 Å². The van der Waals surface area contributed by atoms with Gasteiger partial charge in [0, 0.05) is 10.9 Å². The van der Waals surface area contributed by atoms with Gasteiger partial charge in [-0.05, 0) is 55.2 Å². The molecule has 0 saturated carbocycles. The van der Waals surface area contributed by atoms with Crippen molar-refractivity contribution in [2.45, 2.75) is 27.2 Å². The Hall–Kier alpha value is -2.99. The largest absolute Gasteiger partial charge is 0.462 e. The predicted octanol–water partition coefficient (Wildman–Crippen LogP) is 5.53. The highest BCUT2D eigenvalue weighted by Gasteiger charge is 2.23. The summed E-state index contributed by atoms with van der Waals surface area (Å²) in [6, 6.07) is 11.7. The zero-order valence-corrected chi connectivity index (χ0v) is 17.4. The van der Waals surface area contributed by atoms with Crippen LogP contribution in [0, 0.1) is 19.7 Å². The number of ether oxygens (including phenoxy) is 1. The second-order valence-corrected chi connectivity index (χ2v) is 7.60. The molecule has 0 aliphatic rings. The summed E-state index contributed by atoms with van der Waals surface area (Å²) in [5, 5.41) is 5.11. The van der Waals surface area contributed by atoms with Crippen molar-refractivity contribution in [2.75, 3.05) is 11.9 Å². The average molecular weight is 411 g/mol. The fourth-order valence-electron chi connectivity index (χ4n) is 2.94. The second kappa shape index (κ2) is 9.01. The van der Waals surface area contributed by atoms with Crippen LogP contribution < -0.4 is 5.32 Å². The number of hydrogen-bond acceptors (Lipinski definition) is 4. The highest BCUT2D eigenvalue weighted by molar-refractivity contribution is 7.15. The Kier molecular flexibility index (Phi) is 6.44. The van der Waals surface area contributed by atoms with E-state index in [2.05, 4.69) is 5.32 Å². The van der Waals surface area contributed by atoms with Crippen molar-refractivity contribution in [3.63, 3.8) is 0 Å². The molecule has 0 fully saturated rings. The molecule has 6 heteroatoms. The van der Waals surface area contributed by atoms with Crippen molar-refractivity contribution in [2.24, 2.45) is 0 Å². The number of carbonyl (C=O) groups excluding carboxylic acids is 2. The molecule has 29 heavy (non-hydrogen) atoms. The minimum atomic E-state index is -0.473. The number of anilines is 1. The third-order valence-electron chi connectivity index (χ3n) is 4.62. The fourth-order valence-corrected chi connectivity index (χ4v) is 3.91. The SMILES string of the molecule is CCOC(=O)c1c(-c2ccc(C)c(C)c2)csc1NC(=O)Cc1ccc(F)cc1. The van der Waals surface area contributed by atoms with E-state index in [1.165, 1.54) is 23.5 Å². The number of carbonyl (C=O) groups is 2. The summed E-state index contributed by atoms with van der Waals surface area (Å²) in [6.45, 7) is 6.03. The van der Waals surface area contributed by atoms with Gasteiger partial charge in [0.15, 0.2) is 0 Å². The van der Waals surface area contributed by atoms with Gasteiger partial charge in [-0.1, -0.05) is 30.3 Å². The Morgan fingerprint density at radius 3 is 2.45 bits per heavy atom. The summed E-state index contributed by atoms with van der Waals surface area (Å²) in [5.41, 5.74) is 4.94. The first kappa shape index (κ1) is 20.7. The molecule has 0 saturated heterocycles. The van der Waals surface area contributed by atoms with Gasteiger partial charge in [-0.2, -0.15) is 0 Å². The van der Waals surface area contributed by atoms with Gasteiger partial charge < -0.3 is 10.1 Å². The van der Waals surface area contributed by atoms with E-state index >= 15 is 0 Å². The summed E-state index contributed by atoms with van der Waals surface area (Å²) in [4.78, 5) is 25.1. The first-order chi connectivity index (χ1) is 13.9. The molecule has 1 N–H and O–H groups in total. The van der Waals surface area contributed by atoms with E-state index in [1.807, 2.05) is 37.4 Å². The third kappa shape index (κ3) is 4.90. The molecular weight excluding hydrogens is 389 g/mol. The van der Waals surface area contributed by atoms with Crippen molar-refractivity contribution >= 4 is 28.2 Å². The van der Waals surface area contributed by atoms with Crippen LogP contribution in [0.2, 0.25) is 0 Å². The molecule has 0 bridgehead atoms. The van der Waals surface area contributed by atoms with Gasteiger partial charge in [-0.3, -0.25) is 4.79 Å². The zero-order valence-electron chi connectivity index (χ0n) is 16.5. The molecule has 1 amide bonds. The number of hydrogen-bond donors (Lipinski definition) is 1. The summed E-state index contributed by atoms with van der Waals surface area (Å²) < 4.78 is 18.3. The van der Waals surface area contributed by atoms with Crippen LogP contribution in [0.4, 0.5) is 9.39 Å². The topological polar surface area (TPSA) is 55.4 Å². The Morgan fingerprint density at radius 2 is 1.79 bits per heavy atom. The maximum absolute atomic E-state index is 13.1. The van der Waals surface area contributed by atoms with Crippen molar-refractivity contribution in [3.05, 3.63) is 75.9 Å². The maximum Gasteiger partial charge on any atom is 0.341 e. The summed E-state index contributed by atoms with van der Waals surface area (Å²) in [7, 11) is 0. The lowest BCUT2D eigenvalue weighted by Crippen LogP contribution is -2.16. The van der Waals surface area contributed by atoms with Crippen LogP contribution in [0.15, 0.2) is 47.8 Å². The minimum absolute atomic E-state index is 0.0828. The van der Waals surface area contributed by atoms with Gasteiger partial charge in [-0.15, -0.1) is 11.3 Å². The molecule has 2 aromatic carbocycles. The number of thiophene rings is 1. The Balaban J connectivity index is 1.90. The lowest BCUT2D eigenvalue weighted by Gasteiger charge is -2.10. The molecule has 0 spiro atoms. The molecule has 3 rings (SSSR count). The highest BCUT2D eigenvalue weighted by Crippen LogP contribution is 2.37. The highest BCUT2D eigenvalue weighted by atomic mass is 32.1. The molecule has 0 aliphatic heterocycles. The quantitative estimate of drug-likeness (QED) is 0.543. The van der Waals surface area contributed by atoms with E-state index in [9.17, 15) is 14.0 Å².